The molecule has 5 rings (SSSR count). The first-order valence-corrected chi connectivity index (χ1v) is 11.6. The second-order valence-electron chi connectivity index (χ2n) is 9.67. The topological polar surface area (TPSA) is 77.4 Å². The third-order valence-electron chi connectivity index (χ3n) is 7.71. The van der Waals surface area contributed by atoms with Crippen LogP contribution < -0.4 is 15.4 Å². The van der Waals surface area contributed by atoms with Crippen molar-refractivity contribution in [2.75, 3.05) is 39.3 Å². The zero-order valence-corrected chi connectivity index (χ0v) is 20.1. The van der Waals surface area contributed by atoms with Gasteiger partial charge in [-0.1, -0.05) is 0 Å². The fourth-order valence-corrected chi connectivity index (χ4v) is 5.65. The first-order valence-electron chi connectivity index (χ1n) is 11.6. The van der Waals surface area contributed by atoms with Crippen molar-refractivity contribution in [2.45, 2.75) is 44.1 Å². The van der Waals surface area contributed by atoms with E-state index in [0.29, 0.717) is 17.9 Å². The smallest absolute Gasteiger partial charge is 0.225 e. The zero-order valence-electron chi connectivity index (χ0n) is 18.4. The number of hydrogen-bond acceptors (Lipinski definition) is 5. The maximum atomic E-state index is 12.1. The average Bonchev–Trinajstić information content (AvgIpc) is 3.15. The van der Waals surface area contributed by atoms with Crippen LogP contribution in [0.5, 0.6) is 5.75 Å². The summed E-state index contributed by atoms with van der Waals surface area (Å²) >= 11 is 0. The van der Waals surface area contributed by atoms with E-state index >= 15 is 0 Å². The number of nitrogens with zero attached hydrogens (tertiary/aromatic N) is 2. The van der Waals surface area contributed by atoms with Crippen LogP contribution >= 0.6 is 24.8 Å². The summed E-state index contributed by atoms with van der Waals surface area (Å²) in [4.78, 5) is 14.7. The van der Waals surface area contributed by atoms with Crippen molar-refractivity contribution in [3.05, 3.63) is 29.3 Å². The molecule has 1 saturated carbocycles. The van der Waals surface area contributed by atoms with Gasteiger partial charge in [0.2, 0.25) is 5.91 Å². The molecule has 1 amide bonds. The van der Waals surface area contributed by atoms with E-state index in [1.54, 1.807) is 0 Å². The minimum atomic E-state index is 0. The van der Waals surface area contributed by atoms with Crippen LogP contribution in [0, 0.1) is 29.1 Å². The summed E-state index contributed by atoms with van der Waals surface area (Å²) in [6, 6.07) is 8.50. The van der Waals surface area contributed by atoms with Gasteiger partial charge in [0, 0.05) is 49.6 Å². The van der Waals surface area contributed by atoms with Gasteiger partial charge in [-0.05, 0) is 62.8 Å². The standard InChI is InChI=1S/C24H32N4O2.2ClH/c25-10-17-3-6-23-21(9-17)22-14-28(13-19(22)15-30-23)8-7-16-1-4-20(5-2-16)27-24(29)18-11-26-12-18;;/h3,6,9,16,18-20,22,26H,1-2,4-5,7-8,11-15H2,(H,27,29);2*1H/t16-,19-,20-,22+;;/m0../s1. The fourth-order valence-electron chi connectivity index (χ4n) is 5.65. The number of amides is 1. The molecule has 2 saturated heterocycles. The predicted molar refractivity (Wildman–Crippen MR) is 129 cm³/mol. The van der Waals surface area contributed by atoms with Gasteiger partial charge in [-0.3, -0.25) is 4.79 Å². The van der Waals surface area contributed by atoms with E-state index in [0.717, 1.165) is 69.4 Å². The van der Waals surface area contributed by atoms with Crippen LogP contribution in [0.1, 0.15) is 49.1 Å². The number of nitrogens with one attached hydrogen (secondary N) is 2. The lowest BCUT2D eigenvalue weighted by molar-refractivity contribution is -0.127. The van der Waals surface area contributed by atoms with Gasteiger partial charge in [-0.15, -0.1) is 24.8 Å². The molecule has 3 fully saturated rings. The molecule has 1 aromatic rings. The summed E-state index contributed by atoms with van der Waals surface area (Å²) in [5.41, 5.74) is 1.96. The summed E-state index contributed by atoms with van der Waals surface area (Å²) in [6.45, 7) is 5.80. The molecule has 1 aromatic carbocycles. The van der Waals surface area contributed by atoms with Gasteiger partial charge in [0.05, 0.1) is 24.2 Å². The maximum absolute atomic E-state index is 12.1. The van der Waals surface area contributed by atoms with Crippen molar-refractivity contribution in [2.24, 2.45) is 17.8 Å². The number of benzene rings is 1. The van der Waals surface area contributed by atoms with Crippen molar-refractivity contribution >= 4 is 30.7 Å². The van der Waals surface area contributed by atoms with Crippen molar-refractivity contribution in [3.63, 3.8) is 0 Å². The Morgan fingerprint density at radius 3 is 2.66 bits per heavy atom. The van der Waals surface area contributed by atoms with Gasteiger partial charge in [0.15, 0.2) is 0 Å². The van der Waals surface area contributed by atoms with Crippen molar-refractivity contribution in [1.82, 2.24) is 15.5 Å². The van der Waals surface area contributed by atoms with Crippen LogP contribution in [0.2, 0.25) is 0 Å². The quantitative estimate of drug-likeness (QED) is 0.676. The molecule has 32 heavy (non-hydrogen) atoms. The third-order valence-corrected chi connectivity index (χ3v) is 7.71. The van der Waals surface area contributed by atoms with Crippen LogP contribution in [-0.2, 0) is 4.79 Å². The molecule has 4 aliphatic rings. The van der Waals surface area contributed by atoms with Gasteiger partial charge >= 0.3 is 0 Å². The summed E-state index contributed by atoms with van der Waals surface area (Å²) in [5.74, 6) is 3.22. The second-order valence-corrected chi connectivity index (χ2v) is 9.67. The Balaban J connectivity index is 0.00000144. The normalized spacial score (nSPS) is 29.1. The van der Waals surface area contributed by atoms with Gasteiger partial charge < -0.3 is 20.3 Å². The summed E-state index contributed by atoms with van der Waals surface area (Å²) in [5, 5.41) is 15.7. The Bertz CT molecular complexity index is 834. The largest absolute Gasteiger partial charge is 0.493 e. The van der Waals surface area contributed by atoms with Crippen LogP contribution in [0.15, 0.2) is 18.2 Å². The second kappa shape index (κ2) is 11.1. The van der Waals surface area contributed by atoms with Crippen LogP contribution in [0.4, 0.5) is 0 Å². The predicted octanol–water partition coefficient (Wildman–Crippen LogP) is 3.09. The molecule has 0 bridgehead atoms. The highest BCUT2D eigenvalue weighted by Crippen LogP contribution is 2.42. The van der Waals surface area contributed by atoms with E-state index in [-0.39, 0.29) is 36.6 Å². The Morgan fingerprint density at radius 1 is 1.19 bits per heavy atom. The number of carbonyl (C=O) groups is 1. The van der Waals surface area contributed by atoms with Crippen molar-refractivity contribution in [3.8, 4) is 11.8 Å². The number of halogens is 2. The molecule has 0 radical (unpaired) electrons. The molecule has 6 nitrogen and oxygen atoms in total. The van der Waals surface area contributed by atoms with Crippen molar-refractivity contribution in [1.29, 1.82) is 5.26 Å². The summed E-state index contributed by atoms with van der Waals surface area (Å²) in [7, 11) is 0. The van der Waals surface area contributed by atoms with Crippen molar-refractivity contribution < 1.29 is 9.53 Å². The fraction of sp³-hybridized carbons (Fsp3) is 0.667. The highest BCUT2D eigenvalue weighted by molar-refractivity contribution is 5.85. The van der Waals surface area contributed by atoms with Crippen LogP contribution in [0.25, 0.3) is 0 Å². The molecule has 3 heterocycles. The number of ether oxygens (including phenoxy) is 1. The minimum absolute atomic E-state index is 0. The number of likely N-dealkylation sites (tertiary alicyclic amines) is 1. The third kappa shape index (κ3) is 5.34. The van der Waals surface area contributed by atoms with E-state index in [2.05, 4.69) is 21.6 Å². The molecule has 8 heteroatoms. The first-order chi connectivity index (χ1) is 14.7. The van der Waals surface area contributed by atoms with Gasteiger partial charge in [0.1, 0.15) is 5.75 Å². The number of nitriles is 1. The lowest BCUT2D eigenvalue weighted by Crippen LogP contribution is -2.53. The molecule has 0 spiro atoms. The molecule has 0 aromatic heterocycles. The molecular formula is C24H34Cl2N4O2. The molecule has 176 valence electrons. The Labute approximate surface area is 203 Å². The summed E-state index contributed by atoms with van der Waals surface area (Å²) in [6.07, 6.45) is 5.95. The van der Waals surface area contributed by atoms with E-state index in [1.807, 2.05) is 18.2 Å². The number of fused-ring (bicyclic) bond motifs is 3. The number of rotatable bonds is 5. The lowest BCUT2D eigenvalue weighted by atomic mass is 9.83. The number of carbonyl (C=O) groups excluding carboxylic acids is 1. The first kappa shape index (κ1) is 25.1. The summed E-state index contributed by atoms with van der Waals surface area (Å²) < 4.78 is 5.98. The van der Waals surface area contributed by atoms with Gasteiger partial charge in [-0.25, -0.2) is 0 Å². The molecule has 1 aliphatic carbocycles. The van der Waals surface area contributed by atoms with E-state index in [4.69, 9.17) is 4.74 Å². The van der Waals surface area contributed by atoms with Gasteiger partial charge in [-0.2, -0.15) is 5.26 Å². The molecule has 2 N–H and O–H groups in total. The Morgan fingerprint density at radius 2 is 1.97 bits per heavy atom. The number of hydrogen-bond donors (Lipinski definition) is 2. The van der Waals surface area contributed by atoms with E-state index in [9.17, 15) is 10.1 Å². The average molecular weight is 481 g/mol. The highest BCUT2D eigenvalue weighted by atomic mass is 35.5. The highest BCUT2D eigenvalue weighted by Gasteiger charge is 2.39. The Hall–Kier alpha value is -1.52. The van der Waals surface area contributed by atoms with Crippen LogP contribution in [0.3, 0.4) is 0 Å². The Kier molecular flexibility index (Phi) is 8.68. The maximum Gasteiger partial charge on any atom is 0.225 e. The SMILES string of the molecule is Cl.Cl.N#Cc1ccc2c(c1)[C@@H]1CN(CC[C@H]3CC[C@H](NC(=O)C4CNC4)CC3)C[C@H]1CO2. The molecule has 0 unspecified atom stereocenters. The molecular weight excluding hydrogens is 447 g/mol. The lowest BCUT2D eigenvalue weighted by Gasteiger charge is -2.33. The monoisotopic (exact) mass is 480 g/mol. The minimum Gasteiger partial charge on any atom is -0.493 e. The van der Waals surface area contributed by atoms with E-state index in [1.165, 1.54) is 24.8 Å². The van der Waals surface area contributed by atoms with Gasteiger partial charge in [0.25, 0.3) is 0 Å². The van der Waals surface area contributed by atoms with E-state index < -0.39 is 0 Å². The molecule has 3 aliphatic heterocycles. The zero-order chi connectivity index (χ0) is 20.5. The molecule has 2 atom stereocenters. The van der Waals surface area contributed by atoms with Crippen LogP contribution in [-0.4, -0.2) is 56.2 Å².